The van der Waals surface area contributed by atoms with Gasteiger partial charge >= 0.3 is 0 Å². The first-order chi connectivity index (χ1) is 13.3. The van der Waals surface area contributed by atoms with Crippen LogP contribution in [-0.4, -0.2) is 46.6 Å². The highest BCUT2D eigenvalue weighted by Gasteiger charge is 2.40. The highest BCUT2D eigenvalue weighted by molar-refractivity contribution is 6.98. The Balaban J connectivity index is 2.08. The minimum atomic E-state index is -1.84. The Morgan fingerprint density at radius 3 is 2.25 bits per heavy atom. The van der Waals surface area contributed by atoms with E-state index in [4.69, 9.17) is 0 Å². The maximum atomic E-state index is 2.49. The van der Waals surface area contributed by atoms with Gasteiger partial charge in [-0.15, -0.1) is 0 Å². The molecule has 0 radical (unpaired) electrons. The second-order valence-electron chi connectivity index (χ2n) is 8.61. The van der Waals surface area contributed by atoms with Crippen LogP contribution in [0.5, 0.6) is 0 Å². The number of hydrogen-bond acceptors (Lipinski definition) is 1. The first-order valence-corrected chi connectivity index (χ1v) is 12.9. The lowest BCUT2D eigenvalue weighted by Crippen LogP contribution is -2.49. The van der Waals surface area contributed by atoms with Crippen LogP contribution >= 0.6 is 0 Å². The fourth-order valence-electron chi connectivity index (χ4n) is 4.30. The van der Waals surface area contributed by atoms with E-state index >= 15 is 0 Å². The minimum absolute atomic E-state index is 1.28. The number of benzene rings is 2. The van der Waals surface area contributed by atoms with E-state index in [1.165, 1.54) is 44.1 Å². The third-order valence-electron chi connectivity index (χ3n) is 5.99. The molecule has 2 nitrogen and oxygen atoms in total. The molecule has 0 amide bonds. The fourth-order valence-corrected chi connectivity index (χ4v) is 7.37. The van der Waals surface area contributed by atoms with Gasteiger partial charge in [-0.3, -0.25) is 0 Å². The highest BCUT2D eigenvalue weighted by atomic mass is 28.3. The number of allylic oxidation sites excluding steroid dienone is 5. The molecule has 1 heterocycles. The molecule has 4 rings (SSSR count). The Morgan fingerprint density at radius 1 is 0.893 bits per heavy atom. The topological polar surface area (TPSA) is 6.25 Å². The summed E-state index contributed by atoms with van der Waals surface area (Å²) in [4.78, 5) is 2.21. The molecule has 1 aliphatic carbocycles. The standard InChI is InChI=1S/C25H29N2Si/c1-26(2)19-12-14-21-23(16-19)28(5,6)24-17-20(27(3)4)13-15-22(24)25(21)18-10-8-7-9-11-18/h7-17H,1-6H3/q+1. The maximum Gasteiger partial charge on any atom is 0.199 e. The monoisotopic (exact) mass is 385 g/mol. The second kappa shape index (κ2) is 6.75. The molecule has 0 spiro atoms. The van der Waals surface area contributed by atoms with Crippen LogP contribution in [-0.2, 0) is 0 Å². The van der Waals surface area contributed by atoms with Gasteiger partial charge in [0.05, 0.1) is 0 Å². The molecule has 2 aromatic carbocycles. The van der Waals surface area contributed by atoms with Crippen LogP contribution in [0.3, 0.4) is 0 Å². The normalized spacial score (nSPS) is 17.1. The van der Waals surface area contributed by atoms with Crippen LogP contribution in [0.25, 0.3) is 5.57 Å². The van der Waals surface area contributed by atoms with Crippen molar-refractivity contribution in [1.82, 2.24) is 0 Å². The maximum absolute atomic E-state index is 2.49. The van der Waals surface area contributed by atoms with Crippen LogP contribution in [0.2, 0.25) is 13.1 Å². The molecule has 0 saturated carbocycles. The van der Waals surface area contributed by atoms with Crippen molar-refractivity contribution in [1.29, 1.82) is 0 Å². The molecular formula is C25H29N2Si+. The van der Waals surface area contributed by atoms with Crippen molar-refractivity contribution in [2.24, 2.45) is 0 Å². The Labute approximate surface area is 169 Å². The molecule has 1 aliphatic heterocycles. The molecule has 0 fully saturated rings. The largest absolute Gasteiger partial charge is 0.378 e. The van der Waals surface area contributed by atoms with Crippen LogP contribution in [0, 0.1) is 0 Å². The second-order valence-corrected chi connectivity index (χ2v) is 12.9. The van der Waals surface area contributed by atoms with Crippen LogP contribution in [0.1, 0.15) is 11.1 Å². The zero-order valence-corrected chi connectivity index (χ0v) is 18.7. The smallest absolute Gasteiger partial charge is 0.199 e. The van der Waals surface area contributed by atoms with Crippen LogP contribution in [0.15, 0.2) is 77.5 Å². The first kappa shape index (κ1) is 18.7. The predicted molar refractivity (Wildman–Crippen MR) is 125 cm³/mol. The summed E-state index contributed by atoms with van der Waals surface area (Å²) < 4.78 is 2.21. The average Bonchev–Trinajstić information content (AvgIpc) is 2.68. The van der Waals surface area contributed by atoms with Gasteiger partial charge in [0.2, 0.25) is 0 Å². The van der Waals surface area contributed by atoms with Crippen molar-refractivity contribution in [3.63, 3.8) is 0 Å². The number of anilines is 1. The molecule has 2 aromatic rings. The minimum Gasteiger partial charge on any atom is -0.378 e. The van der Waals surface area contributed by atoms with Crippen molar-refractivity contribution >= 4 is 30.2 Å². The van der Waals surface area contributed by atoms with Gasteiger partial charge in [0.1, 0.15) is 22.2 Å². The van der Waals surface area contributed by atoms with E-state index in [1.54, 1.807) is 0 Å². The van der Waals surface area contributed by atoms with E-state index in [9.17, 15) is 0 Å². The molecule has 28 heavy (non-hydrogen) atoms. The van der Waals surface area contributed by atoms with E-state index < -0.39 is 8.07 Å². The van der Waals surface area contributed by atoms with E-state index in [0.717, 1.165) is 0 Å². The molecule has 0 unspecified atom stereocenters. The van der Waals surface area contributed by atoms with Crippen molar-refractivity contribution < 1.29 is 4.58 Å². The van der Waals surface area contributed by atoms with Crippen molar-refractivity contribution in [2.45, 2.75) is 13.1 Å². The summed E-state index contributed by atoms with van der Waals surface area (Å²) in [5.74, 6) is 0. The van der Waals surface area contributed by atoms with Gasteiger partial charge in [-0.2, -0.15) is 0 Å². The number of fused-ring (bicyclic) bond motifs is 2. The number of rotatable bonds is 2. The molecule has 3 heteroatoms. The SMILES string of the molecule is CN(C)c1ccc2c(c1)[Si](C)(C)C1=CC(=[N+](C)C)C=CC1=C2c1ccccc1. The van der Waals surface area contributed by atoms with E-state index in [2.05, 4.69) is 118 Å². The van der Waals surface area contributed by atoms with Gasteiger partial charge in [0, 0.05) is 31.9 Å². The lowest BCUT2D eigenvalue weighted by atomic mass is 9.89. The van der Waals surface area contributed by atoms with Crippen LogP contribution in [0.4, 0.5) is 5.69 Å². The highest BCUT2D eigenvalue weighted by Crippen LogP contribution is 2.41. The third kappa shape index (κ3) is 2.91. The summed E-state index contributed by atoms with van der Waals surface area (Å²) in [6, 6.07) is 17.9. The summed E-state index contributed by atoms with van der Waals surface area (Å²) in [5, 5.41) is 3.06. The summed E-state index contributed by atoms with van der Waals surface area (Å²) in [5.41, 5.74) is 8.02. The van der Waals surface area contributed by atoms with Gasteiger partial charge in [-0.25, -0.2) is 4.58 Å². The van der Waals surface area contributed by atoms with Crippen molar-refractivity contribution in [3.05, 3.63) is 88.7 Å². The molecule has 2 aliphatic rings. The van der Waals surface area contributed by atoms with Gasteiger partial charge in [0.25, 0.3) is 0 Å². The molecule has 0 atom stereocenters. The molecule has 0 aromatic heterocycles. The molecule has 0 saturated heterocycles. The zero-order chi connectivity index (χ0) is 20.1. The lowest BCUT2D eigenvalue weighted by molar-refractivity contribution is -0.462. The molecule has 0 bridgehead atoms. The summed E-state index contributed by atoms with van der Waals surface area (Å²) in [7, 11) is 6.66. The van der Waals surface area contributed by atoms with E-state index in [1.807, 2.05) is 0 Å². The lowest BCUT2D eigenvalue weighted by Gasteiger charge is -2.38. The molecule has 142 valence electrons. The first-order valence-electron chi connectivity index (χ1n) is 9.87. The van der Waals surface area contributed by atoms with Gasteiger partial charge in [-0.1, -0.05) is 49.5 Å². The van der Waals surface area contributed by atoms with Crippen molar-refractivity contribution in [3.8, 4) is 0 Å². The fraction of sp³-hybridized carbons (Fsp3) is 0.240. The Bertz CT molecular complexity index is 1060. The number of nitrogens with zero attached hydrogens (tertiary/aromatic N) is 2. The Morgan fingerprint density at radius 2 is 1.61 bits per heavy atom. The third-order valence-corrected chi connectivity index (χ3v) is 9.51. The quantitative estimate of drug-likeness (QED) is 0.554. The van der Waals surface area contributed by atoms with E-state index in [0.29, 0.717) is 0 Å². The van der Waals surface area contributed by atoms with E-state index in [-0.39, 0.29) is 0 Å². The van der Waals surface area contributed by atoms with Crippen LogP contribution < -0.4 is 10.1 Å². The predicted octanol–water partition coefficient (Wildman–Crippen LogP) is 4.23. The number of hydrogen-bond donors (Lipinski definition) is 0. The summed E-state index contributed by atoms with van der Waals surface area (Å²) in [6.07, 6.45) is 7.02. The Kier molecular flexibility index (Phi) is 4.51. The molecule has 0 N–H and O–H groups in total. The average molecular weight is 386 g/mol. The Hall–Kier alpha value is -2.65. The van der Waals surface area contributed by atoms with Gasteiger partial charge in [-0.05, 0) is 50.9 Å². The van der Waals surface area contributed by atoms with Gasteiger partial charge < -0.3 is 4.90 Å². The zero-order valence-electron chi connectivity index (χ0n) is 17.7. The van der Waals surface area contributed by atoms with Crippen molar-refractivity contribution in [2.75, 3.05) is 33.1 Å². The summed E-state index contributed by atoms with van der Waals surface area (Å²) >= 11 is 0. The summed E-state index contributed by atoms with van der Waals surface area (Å²) in [6.45, 7) is 4.98. The molecular weight excluding hydrogens is 356 g/mol. The van der Waals surface area contributed by atoms with Gasteiger partial charge in [0.15, 0.2) is 5.71 Å².